The second kappa shape index (κ2) is 10.5. The first-order valence-electron chi connectivity index (χ1n) is 12.3. The standard InChI is InChI=1S/C34H25IN2/c35-33-22-17-24-9-7-8-14-31(24)34(33)32-23-29(37-27-12-5-2-6-13-27)20-21-30(32)25-15-18-28(19-16-25)36-26-10-3-1-4-11-26/h1-23,36-37H. The van der Waals surface area contributed by atoms with Gasteiger partial charge in [-0.15, -0.1) is 0 Å². The molecule has 0 aliphatic rings. The van der Waals surface area contributed by atoms with Gasteiger partial charge in [0.2, 0.25) is 0 Å². The highest BCUT2D eigenvalue weighted by atomic mass is 127. The lowest BCUT2D eigenvalue weighted by Crippen LogP contribution is -1.95. The predicted octanol–water partition coefficient (Wildman–Crippen LogP) is 10.3. The second-order valence-corrected chi connectivity index (χ2v) is 10.1. The van der Waals surface area contributed by atoms with E-state index in [4.69, 9.17) is 0 Å². The lowest BCUT2D eigenvalue weighted by Gasteiger charge is -2.17. The molecule has 6 aromatic carbocycles. The van der Waals surface area contributed by atoms with Crippen LogP contribution in [0, 0.1) is 3.57 Å². The third-order valence-corrected chi connectivity index (χ3v) is 7.39. The van der Waals surface area contributed by atoms with E-state index in [9.17, 15) is 0 Å². The van der Waals surface area contributed by atoms with Gasteiger partial charge in [0.25, 0.3) is 0 Å². The molecule has 0 amide bonds. The molecular formula is C34H25IN2. The first-order chi connectivity index (χ1) is 18.2. The molecule has 2 nitrogen and oxygen atoms in total. The van der Waals surface area contributed by atoms with Crippen molar-refractivity contribution in [1.29, 1.82) is 0 Å². The van der Waals surface area contributed by atoms with Crippen molar-refractivity contribution >= 4 is 56.1 Å². The van der Waals surface area contributed by atoms with Crippen LogP contribution in [0.25, 0.3) is 33.0 Å². The van der Waals surface area contributed by atoms with Gasteiger partial charge in [0.1, 0.15) is 0 Å². The quantitative estimate of drug-likeness (QED) is 0.189. The van der Waals surface area contributed by atoms with E-state index in [-0.39, 0.29) is 0 Å². The highest BCUT2D eigenvalue weighted by Gasteiger charge is 2.15. The molecule has 6 rings (SSSR count). The van der Waals surface area contributed by atoms with Crippen LogP contribution in [0.5, 0.6) is 0 Å². The number of halogens is 1. The molecular weight excluding hydrogens is 563 g/mol. The minimum Gasteiger partial charge on any atom is -0.356 e. The van der Waals surface area contributed by atoms with Crippen LogP contribution in [0.2, 0.25) is 0 Å². The summed E-state index contributed by atoms with van der Waals surface area (Å²) in [6.45, 7) is 0. The van der Waals surface area contributed by atoms with E-state index in [1.165, 1.54) is 36.6 Å². The van der Waals surface area contributed by atoms with Crippen LogP contribution >= 0.6 is 22.6 Å². The Balaban J connectivity index is 1.46. The summed E-state index contributed by atoms with van der Waals surface area (Å²) < 4.78 is 1.23. The van der Waals surface area contributed by atoms with Crippen molar-refractivity contribution in [3.63, 3.8) is 0 Å². The number of para-hydroxylation sites is 2. The highest BCUT2D eigenvalue weighted by Crippen LogP contribution is 2.41. The molecule has 0 unspecified atom stereocenters. The molecule has 0 aromatic heterocycles. The van der Waals surface area contributed by atoms with Crippen LogP contribution in [0.3, 0.4) is 0 Å². The van der Waals surface area contributed by atoms with Gasteiger partial charge in [0.15, 0.2) is 0 Å². The number of nitrogens with one attached hydrogen (secondary N) is 2. The van der Waals surface area contributed by atoms with Gasteiger partial charge in [-0.05, 0) is 105 Å². The first-order valence-corrected chi connectivity index (χ1v) is 13.4. The number of benzene rings is 6. The Bertz CT molecular complexity index is 1660. The fourth-order valence-electron chi connectivity index (χ4n) is 4.71. The van der Waals surface area contributed by atoms with Crippen molar-refractivity contribution in [1.82, 2.24) is 0 Å². The van der Waals surface area contributed by atoms with Gasteiger partial charge in [-0.25, -0.2) is 0 Å². The van der Waals surface area contributed by atoms with E-state index in [1.54, 1.807) is 0 Å². The molecule has 0 saturated heterocycles. The molecule has 0 saturated carbocycles. The molecule has 3 heteroatoms. The highest BCUT2D eigenvalue weighted by molar-refractivity contribution is 14.1. The average molecular weight is 588 g/mol. The van der Waals surface area contributed by atoms with Crippen molar-refractivity contribution < 1.29 is 0 Å². The fourth-order valence-corrected chi connectivity index (χ4v) is 5.47. The Hall–Kier alpha value is -4.09. The van der Waals surface area contributed by atoms with Crippen LogP contribution in [0.1, 0.15) is 0 Å². The van der Waals surface area contributed by atoms with Crippen LogP contribution in [0.4, 0.5) is 22.7 Å². The molecule has 0 radical (unpaired) electrons. The Morgan fingerprint density at radius 2 is 1.00 bits per heavy atom. The van der Waals surface area contributed by atoms with E-state index in [2.05, 4.69) is 148 Å². The number of hydrogen-bond donors (Lipinski definition) is 2. The maximum absolute atomic E-state index is 3.58. The van der Waals surface area contributed by atoms with E-state index in [1.807, 2.05) is 24.3 Å². The Kier molecular flexibility index (Phi) is 6.61. The Morgan fingerprint density at radius 1 is 0.432 bits per heavy atom. The summed E-state index contributed by atoms with van der Waals surface area (Å²) in [7, 11) is 0. The summed E-state index contributed by atoms with van der Waals surface area (Å²) >= 11 is 2.47. The van der Waals surface area contributed by atoms with Crippen LogP contribution in [-0.2, 0) is 0 Å². The SMILES string of the molecule is Ic1ccc2ccccc2c1-c1cc(Nc2ccccc2)ccc1-c1ccc(Nc2ccccc2)cc1. The van der Waals surface area contributed by atoms with E-state index >= 15 is 0 Å². The molecule has 0 aliphatic carbocycles. The number of fused-ring (bicyclic) bond motifs is 1. The van der Waals surface area contributed by atoms with Gasteiger partial charge in [0.05, 0.1) is 0 Å². The topological polar surface area (TPSA) is 24.1 Å². The van der Waals surface area contributed by atoms with Crippen molar-refractivity contribution in [3.05, 3.63) is 143 Å². The number of hydrogen-bond acceptors (Lipinski definition) is 2. The average Bonchev–Trinajstić information content (AvgIpc) is 2.95. The molecule has 178 valence electrons. The normalized spacial score (nSPS) is 10.8. The summed E-state index contributed by atoms with van der Waals surface area (Å²) in [5.74, 6) is 0. The molecule has 0 spiro atoms. The Morgan fingerprint density at radius 3 is 1.70 bits per heavy atom. The first kappa shape index (κ1) is 23.3. The second-order valence-electron chi connectivity index (χ2n) is 8.96. The van der Waals surface area contributed by atoms with Crippen molar-refractivity contribution in [2.24, 2.45) is 0 Å². The van der Waals surface area contributed by atoms with Crippen molar-refractivity contribution in [3.8, 4) is 22.3 Å². The zero-order valence-corrected chi connectivity index (χ0v) is 22.3. The molecule has 6 aromatic rings. The summed E-state index contributed by atoms with van der Waals surface area (Å²) in [5.41, 5.74) is 9.16. The summed E-state index contributed by atoms with van der Waals surface area (Å²) in [4.78, 5) is 0. The summed E-state index contributed by atoms with van der Waals surface area (Å²) in [6.07, 6.45) is 0. The maximum Gasteiger partial charge on any atom is 0.0390 e. The molecule has 37 heavy (non-hydrogen) atoms. The van der Waals surface area contributed by atoms with Gasteiger partial charge in [-0.2, -0.15) is 0 Å². The van der Waals surface area contributed by atoms with Gasteiger partial charge in [-0.1, -0.05) is 84.9 Å². The van der Waals surface area contributed by atoms with Crippen molar-refractivity contribution in [2.45, 2.75) is 0 Å². The monoisotopic (exact) mass is 588 g/mol. The Labute approximate surface area is 231 Å². The van der Waals surface area contributed by atoms with Gasteiger partial charge >= 0.3 is 0 Å². The van der Waals surface area contributed by atoms with Crippen LogP contribution in [0.15, 0.2) is 140 Å². The molecule has 0 heterocycles. The fraction of sp³-hybridized carbons (Fsp3) is 0. The number of rotatable bonds is 6. The minimum atomic E-state index is 1.07. The largest absolute Gasteiger partial charge is 0.356 e. The van der Waals surface area contributed by atoms with Crippen LogP contribution < -0.4 is 10.6 Å². The van der Waals surface area contributed by atoms with Gasteiger partial charge in [0, 0.05) is 31.9 Å². The molecule has 0 fully saturated rings. The minimum absolute atomic E-state index is 1.07. The molecule has 0 bridgehead atoms. The number of anilines is 4. The zero-order valence-electron chi connectivity index (χ0n) is 20.2. The lowest BCUT2D eigenvalue weighted by atomic mass is 9.91. The van der Waals surface area contributed by atoms with E-state index in [0.29, 0.717) is 0 Å². The lowest BCUT2D eigenvalue weighted by molar-refractivity contribution is 1.52. The summed E-state index contributed by atoms with van der Waals surface area (Å²) in [6, 6.07) is 49.0. The van der Waals surface area contributed by atoms with E-state index < -0.39 is 0 Å². The zero-order chi connectivity index (χ0) is 25.0. The van der Waals surface area contributed by atoms with Crippen LogP contribution in [-0.4, -0.2) is 0 Å². The molecule has 0 aliphatic heterocycles. The predicted molar refractivity (Wildman–Crippen MR) is 167 cm³/mol. The van der Waals surface area contributed by atoms with Gasteiger partial charge in [-0.3, -0.25) is 0 Å². The molecule has 2 N–H and O–H groups in total. The smallest absolute Gasteiger partial charge is 0.0390 e. The summed E-state index contributed by atoms with van der Waals surface area (Å²) in [5, 5.41) is 9.57. The third-order valence-electron chi connectivity index (χ3n) is 6.49. The third kappa shape index (κ3) is 5.09. The van der Waals surface area contributed by atoms with Crippen molar-refractivity contribution in [2.75, 3.05) is 10.6 Å². The van der Waals surface area contributed by atoms with E-state index in [0.717, 1.165) is 22.7 Å². The van der Waals surface area contributed by atoms with Gasteiger partial charge < -0.3 is 10.6 Å². The maximum atomic E-state index is 3.58. The molecule has 0 atom stereocenters.